The van der Waals surface area contributed by atoms with E-state index < -0.39 is 5.97 Å². The van der Waals surface area contributed by atoms with E-state index in [0.29, 0.717) is 17.9 Å². The van der Waals surface area contributed by atoms with E-state index in [-0.39, 0.29) is 12.5 Å². The van der Waals surface area contributed by atoms with E-state index in [1.807, 2.05) is 24.4 Å². The van der Waals surface area contributed by atoms with E-state index in [9.17, 15) is 9.59 Å². The van der Waals surface area contributed by atoms with Crippen molar-refractivity contribution in [1.82, 2.24) is 10.3 Å². The first-order valence-electron chi connectivity index (χ1n) is 7.27. The third kappa shape index (κ3) is 5.50. The second-order valence-electron chi connectivity index (χ2n) is 4.87. The van der Waals surface area contributed by atoms with Crippen LogP contribution in [0, 0.1) is 6.92 Å². The summed E-state index contributed by atoms with van der Waals surface area (Å²) in [6, 6.07) is 7.22. The molecule has 0 saturated heterocycles. The maximum atomic E-state index is 12.2. The monoisotopic (exact) mass is 362 g/mol. The van der Waals surface area contributed by atoms with Gasteiger partial charge in [0.15, 0.2) is 6.61 Å². The quantitative estimate of drug-likeness (QED) is 0.444. The Kier molecular flexibility index (Phi) is 7.02. The molecule has 0 saturated carbocycles. The summed E-state index contributed by atoms with van der Waals surface area (Å²) in [6.45, 7) is 5.49. The molecule has 1 aromatic carbocycles. The number of thiazole rings is 1. The van der Waals surface area contributed by atoms with Gasteiger partial charge in [0, 0.05) is 23.4 Å². The number of esters is 1. The fourth-order valence-electron chi connectivity index (χ4n) is 1.83. The van der Waals surface area contributed by atoms with E-state index in [1.54, 1.807) is 41.3 Å². The van der Waals surface area contributed by atoms with Crippen molar-refractivity contribution in [2.45, 2.75) is 17.0 Å². The van der Waals surface area contributed by atoms with Crippen LogP contribution in [0.2, 0.25) is 0 Å². The van der Waals surface area contributed by atoms with E-state index >= 15 is 0 Å². The first-order valence-corrected chi connectivity index (χ1v) is 9.14. The number of hydrogen-bond donors (Lipinski definition) is 1. The summed E-state index contributed by atoms with van der Waals surface area (Å²) in [4.78, 5) is 28.1. The fraction of sp³-hybridized carbons (Fsp3) is 0.235. The van der Waals surface area contributed by atoms with Gasteiger partial charge in [0.25, 0.3) is 5.91 Å². The number of carbonyl (C=O) groups is 2. The number of aryl methyl sites for hydroxylation is 1. The predicted molar refractivity (Wildman–Crippen MR) is 96.3 cm³/mol. The van der Waals surface area contributed by atoms with Gasteiger partial charge < -0.3 is 10.1 Å². The Hall–Kier alpha value is -2.12. The van der Waals surface area contributed by atoms with Crippen LogP contribution in [0.1, 0.15) is 21.6 Å². The summed E-state index contributed by atoms with van der Waals surface area (Å²) >= 11 is 3.15. The molecule has 1 N–H and O–H groups in total. The predicted octanol–water partition coefficient (Wildman–Crippen LogP) is 3.20. The zero-order chi connectivity index (χ0) is 17.4. The van der Waals surface area contributed by atoms with Gasteiger partial charge >= 0.3 is 5.97 Å². The standard InChI is InChI=1S/C17H18N2O3S2/c1-3-8-18-15(20)9-22-16(21)14-7-5-4-6-13(14)11-24-17-19-12(2)10-23-17/h3-7,10H,1,8-9,11H2,2H3,(H,18,20). The minimum Gasteiger partial charge on any atom is -0.452 e. The zero-order valence-electron chi connectivity index (χ0n) is 13.3. The van der Waals surface area contributed by atoms with Crippen molar-refractivity contribution in [3.63, 3.8) is 0 Å². The van der Waals surface area contributed by atoms with Gasteiger partial charge in [0.2, 0.25) is 0 Å². The summed E-state index contributed by atoms with van der Waals surface area (Å²) in [6.07, 6.45) is 1.56. The number of nitrogens with zero attached hydrogens (tertiary/aromatic N) is 1. The normalized spacial score (nSPS) is 10.2. The SMILES string of the molecule is C=CCNC(=O)COC(=O)c1ccccc1CSc1nc(C)cs1. The van der Waals surface area contributed by atoms with Gasteiger partial charge in [0.1, 0.15) is 4.34 Å². The van der Waals surface area contributed by atoms with E-state index in [2.05, 4.69) is 16.9 Å². The first kappa shape index (κ1) is 18.2. The van der Waals surface area contributed by atoms with Gasteiger partial charge in [0.05, 0.1) is 5.56 Å². The lowest BCUT2D eigenvalue weighted by molar-refractivity contribution is -0.124. The van der Waals surface area contributed by atoms with Crippen molar-refractivity contribution in [2.75, 3.05) is 13.2 Å². The van der Waals surface area contributed by atoms with Crippen LogP contribution < -0.4 is 5.32 Å². The Bertz CT molecular complexity index is 728. The molecule has 0 bridgehead atoms. The molecule has 2 rings (SSSR count). The maximum Gasteiger partial charge on any atom is 0.338 e. The number of aromatic nitrogens is 1. The highest BCUT2D eigenvalue weighted by Gasteiger charge is 2.14. The molecule has 7 heteroatoms. The lowest BCUT2D eigenvalue weighted by Crippen LogP contribution is -2.28. The molecule has 0 aliphatic carbocycles. The minimum atomic E-state index is -0.504. The zero-order valence-corrected chi connectivity index (χ0v) is 14.9. The van der Waals surface area contributed by atoms with E-state index in [4.69, 9.17) is 4.74 Å². The number of carbonyl (C=O) groups excluding carboxylic acids is 2. The number of benzene rings is 1. The molecule has 0 atom stereocenters. The maximum absolute atomic E-state index is 12.2. The second kappa shape index (κ2) is 9.24. The molecule has 5 nitrogen and oxygen atoms in total. The number of thioether (sulfide) groups is 1. The summed E-state index contributed by atoms with van der Waals surface area (Å²) in [5.41, 5.74) is 2.31. The number of amides is 1. The van der Waals surface area contributed by atoms with Gasteiger partial charge in [-0.3, -0.25) is 4.79 Å². The second-order valence-corrected chi connectivity index (χ2v) is 6.95. The molecule has 24 heavy (non-hydrogen) atoms. The highest BCUT2D eigenvalue weighted by Crippen LogP contribution is 2.27. The van der Waals surface area contributed by atoms with Crippen LogP contribution in [0.15, 0.2) is 46.6 Å². The van der Waals surface area contributed by atoms with Crippen molar-refractivity contribution in [2.24, 2.45) is 0 Å². The molecular weight excluding hydrogens is 344 g/mol. The molecule has 2 aromatic rings. The third-order valence-corrected chi connectivity index (χ3v) is 5.15. The van der Waals surface area contributed by atoms with Gasteiger partial charge in [-0.1, -0.05) is 36.0 Å². The summed E-state index contributed by atoms with van der Waals surface area (Å²) in [5, 5.41) is 4.55. The average Bonchev–Trinajstić information content (AvgIpc) is 3.01. The molecule has 0 radical (unpaired) electrons. The van der Waals surface area contributed by atoms with E-state index in [1.165, 1.54) is 0 Å². The average molecular weight is 362 g/mol. The lowest BCUT2D eigenvalue weighted by atomic mass is 10.1. The molecule has 1 amide bonds. The number of rotatable bonds is 8. The van der Waals surface area contributed by atoms with Gasteiger partial charge in [-0.05, 0) is 18.6 Å². The van der Waals surface area contributed by atoms with Crippen molar-refractivity contribution in [1.29, 1.82) is 0 Å². The third-order valence-electron chi connectivity index (χ3n) is 2.96. The molecule has 0 unspecified atom stereocenters. The molecule has 1 heterocycles. The van der Waals surface area contributed by atoms with Gasteiger partial charge in [-0.15, -0.1) is 17.9 Å². The Balaban J connectivity index is 1.95. The number of ether oxygens (including phenoxy) is 1. The number of nitrogens with one attached hydrogen (secondary N) is 1. The Labute approximate surface area is 149 Å². The molecule has 0 fully saturated rings. The highest BCUT2D eigenvalue weighted by atomic mass is 32.2. The molecule has 1 aromatic heterocycles. The van der Waals surface area contributed by atoms with Crippen LogP contribution in [0.25, 0.3) is 0 Å². The van der Waals surface area contributed by atoms with Crippen LogP contribution in [-0.2, 0) is 15.3 Å². The Morgan fingerprint density at radius 3 is 2.92 bits per heavy atom. The van der Waals surface area contributed by atoms with Gasteiger partial charge in [-0.25, -0.2) is 9.78 Å². The smallest absolute Gasteiger partial charge is 0.338 e. The Morgan fingerprint density at radius 1 is 1.42 bits per heavy atom. The molecule has 0 aliphatic heterocycles. The molecular formula is C17H18N2O3S2. The topological polar surface area (TPSA) is 68.3 Å². The van der Waals surface area contributed by atoms with Gasteiger partial charge in [-0.2, -0.15) is 0 Å². The highest BCUT2D eigenvalue weighted by molar-refractivity contribution is 8.00. The van der Waals surface area contributed by atoms with E-state index in [0.717, 1.165) is 15.6 Å². The van der Waals surface area contributed by atoms with Crippen molar-refractivity contribution in [3.8, 4) is 0 Å². The summed E-state index contributed by atoms with van der Waals surface area (Å²) in [5.74, 6) is -0.246. The molecule has 0 aliphatic rings. The van der Waals surface area contributed by atoms with Crippen molar-refractivity contribution in [3.05, 3.63) is 59.1 Å². The van der Waals surface area contributed by atoms with Crippen LogP contribution in [0.4, 0.5) is 0 Å². The van der Waals surface area contributed by atoms with Crippen LogP contribution in [-0.4, -0.2) is 30.0 Å². The van der Waals surface area contributed by atoms with Crippen LogP contribution in [0.5, 0.6) is 0 Å². The molecule has 0 spiro atoms. The largest absolute Gasteiger partial charge is 0.452 e. The first-order chi connectivity index (χ1) is 11.6. The summed E-state index contributed by atoms with van der Waals surface area (Å²) < 4.78 is 6.03. The van der Waals surface area contributed by atoms with Crippen molar-refractivity contribution >= 4 is 35.0 Å². The van der Waals surface area contributed by atoms with Crippen LogP contribution in [0.3, 0.4) is 0 Å². The lowest BCUT2D eigenvalue weighted by Gasteiger charge is -2.09. The summed E-state index contributed by atoms with van der Waals surface area (Å²) in [7, 11) is 0. The molecule has 126 valence electrons. The van der Waals surface area contributed by atoms with Crippen LogP contribution >= 0.6 is 23.1 Å². The fourth-order valence-corrected chi connectivity index (χ4v) is 3.68. The number of hydrogen-bond acceptors (Lipinski definition) is 6. The minimum absolute atomic E-state index is 0.306. The van der Waals surface area contributed by atoms with Crippen molar-refractivity contribution < 1.29 is 14.3 Å². The Morgan fingerprint density at radius 2 is 2.21 bits per heavy atom.